The molecule has 1 atom stereocenters. The quantitative estimate of drug-likeness (QED) is 0.598. The lowest BCUT2D eigenvalue weighted by molar-refractivity contribution is -0.131. The molecule has 1 fully saturated rings. The standard InChI is InChI=1S/C24H30F2N2O3S/c1-18(20-10-13-22(25)23(26)17-20)27(2)24(29)14-9-19-7-11-21(12-8-19)32(30,31)28-15-5-3-4-6-16-28/h7-8,10-13,17-18H,3-6,9,14-16H2,1-2H3. The summed E-state index contributed by atoms with van der Waals surface area (Å²) in [6.45, 7) is 2.87. The number of aryl methyl sites for hydroxylation is 1. The molecule has 174 valence electrons. The predicted octanol–water partition coefficient (Wildman–Crippen LogP) is 4.68. The van der Waals surface area contributed by atoms with Crippen molar-refractivity contribution in [3.05, 3.63) is 65.2 Å². The highest BCUT2D eigenvalue weighted by atomic mass is 32.2. The second kappa shape index (κ2) is 10.5. The third-order valence-electron chi connectivity index (χ3n) is 6.15. The Morgan fingerprint density at radius 2 is 1.62 bits per heavy atom. The summed E-state index contributed by atoms with van der Waals surface area (Å²) in [5.41, 5.74) is 1.38. The van der Waals surface area contributed by atoms with Crippen LogP contribution in [0.3, 0.4) is 0 Å². The first-order valence-corrected chi connectivity index (χ1v) is 12.4. The lowest BCUT2D eigenvalue weighted by Gasteiger charge is -2.25. The minimum Gasteiger partial charge on any atom is -0.339 e. The van der Waals surface area contributed by atoms with E-state index in [-0.39, 0.29) is 17.2 Å². The number of carbonyl (C=O) groups is 1. The van der Waals surface area contributed by atoms with Gasteiger partial charge in [-0.05, 0) is 61.6 Å². The van der Waals surface area contributed by atoms with Crippen LogP contribution in [-0.2, 0) is 21.2 Å². The average Bonchev–Trinajstić information content (AvgIpc) is 3.09. The largest absolute Gasteiger partial charge is 0.339 e. The van der Waals surface area contributed by atoms with Crippen LogP contribution in [0.25, 0.3) is 0 Å². The van der Waals surface area contributed by atoms with Crippen LogP contribution in [0.2, 0.25) is 0 Å². The van der Waals surface area contributed by atoms with Crippen molar-refractivity contribution in [3.63, 3.8) is 0 Å². The van der Waals surface area contributed by atoms with Crippen LogP contribution in [-0.4, -0.2) is 43.7 Å². The first-order chi connectivity index (χ1) is 15.2. The topological polar surface area (TPSA) is 57.7 Å². The molecule has 1 heterocycles. The van der Waals surface area contributed by atoms with Crippen LogP contribution in [0.5, 0.6) is 0 Å². The van der Waals surface area contributed by atoms with Gasteiger partial charge in [-0.3, -0.25) is 4.79 Å². The van der Waals surface area contributed by atoms with E-state index in [1.807, 2.05) is 0 Å². The van der Waals surface area contributed by atoms with Crippen molar-refractivity contribution < 1.29 is 22.0 Å². The highest BCUT2D eigenvalue weighted by Crippen LogP contribution is 2.23. The SMILES string of the molecule is CC(c1ccc(F)c(F)c1)N(C)C(=O)CCc1ccc(S(=O)(=O)N2CCCCCC2)cc1. The van der Waals surface area contributed by atoms with Crippen molar-refractivity contribution in [1.29, 1.82) is 0 Å². The summed E-state index contributed by atoms with van der Waals surface area (Å²) in [6.07, 6.45) is 4.57. The van der Waals surface area contributed by atoms with Gasteiger partial charge in [-0.15, -0.1) is 0 Å². The molecule has 0 aliphatic carbocycles. The molecule has 1 aliphatic heterocycles. The third-order valence-corrected chi connectivity index (χ3v) is 8.07. The van der Waals surface area contributed by atoms with Crippen LogP contribution in [0, 0.1) is 11.6 Å². The normalized spacial score (nSPS) is 16.4. The fraction of sp³-hybridized carbons (Fsp3) is 0.458. The summed E-state index contributed by atoms with van der Waals surface area (Å²) in [6, 6.07) is 9.93. The summed E-state index contributed by atoms with van der Waals surface area (Å²) in [4.78, 5) is 14.4. The van der Waals surface area contributed by atoms with E-state index in [1.54, 1.807) is 42.5 Å². The molecule has 2 aromatic carbocycles. The summed E-state index contributed by atoms with van der Waals surface area (Å²) in [5, 5.41) is 0. The fourth-order valence-electron chi connectivity index (χ4n) is 3.90. The molecule has 0 radical (unpaired) electrons. The number of amides is 1. The van der Waals surface area contributed by atoms with E-state index in [4.69, 9.17) is 0 Å². The maximum absolute atomic E-state index is 13.5. The summed E-state index contributed by atoms with van der Waals surface area (Å²) in [5.74, 6) is -2.00. The Morgan fingerprint density at radius 3 is 2.22 bits per heavy atom. The molecule has 1 amide bonds. The van der Waals surface area contributed by atoms with E-state index < -0.39 is 27.7 Å². The fourth-order valence-corrected chi connectivity index (χ4v) is 5.42. The zero-order valence-electron chi connectivity index (χ0n) is 18.6. The van der Waals surface area contributed by atoms with E-state index >= 15 is 0 Å². The van der Waals surface area contributed by atoms with Gasteiger partial charge in [0.05, 0.1) is 10.9 Å². The van der Waals surface area contributed by atoms with E-state index in [0.29, 0.717) is 25.1 Å². The monoisotopic (exact) mass is 464 g/mol. The van der Waals surface area contributed by atoms with Crippen molar-refractivity contribution in [2.24, 2.45) is 0 Å². The number of nitrogens with zero attached hydrogens (tertiary/aromatic N) is 2. The maximum atomic E-state index is 13.5. The number of hydrogen-bond donors (Lipinski definition) is 0. The highest BCUT2D eigenvalue weighted by Gasteiger charge is 2.25. The smallest absolute Gasteiger partial charge is 0.243 e. The minimum absolute atomic E-state index is 0.136. The lowest BCUT2D eigenvalue weighted by atomic mass is 10.1. The van der Waals surface area contributed by atoms with E-state index in [2.05, 4.69) is 0 Å². The van der Waals surface area contributed by atoms with Crippen LogP contribution in [0.4, 0.5) is 8.78 Å². The van der Waals surface area contributed by atoms with Gasteiger partial charge in [0.15, 0.2) is 11.6 Å². The molecule has 0 N–H and O–H groups in total. The number of carbonyl (C=O) groups excluding carboxylic acids is 1. The molecular weight excluding hydrogens is 434 g/mol. The van der Waals surface area contributed by atoms with E-state index in [9.17, 15) is 22.0 Å². The van der Waals surface area contributed by atoms with Crippen molar-refractivity contribution in [1.82, 2.24) is 9.21 Å². The van der Waals surface area contributed by atoms with Gasteiger partial charge in [-0.2, -0.15) is 4.31 Å². The van der Waals surface area contributed by atoms with Gasteiger partial charge in [-0.1, -0.05) is 31.0 Å². The number of benzene rings is 2. The molecule has 1 unspecified atom stereocenters. The molecule has 0 spiro atoms. The molecule has 1 aliphatic rings. The molecule has 0 saturated carbocycles. The predicted molar refractivity (Wildman–Crippen MR) is 120 cm³/mol. The van der Waals surface area contributed by atoms with E-state index in [1.165, 1.54) is 11.0 Å². The van der Waals surface area contributed by atoms with Gasteiger partial charge in [0, 0.05) is 26.6 Å². The maximum Gasteiger partial charge on any atom is 0.243 e. The second-order valence-electron chi connectivity index (χ2n) is 8.32. The molecule has 5 nitrogen and oxygen atoms in total. The summed E-state index contributed by atoms with van der Waals surface area (Å²) < 4.78 is 54.0. The first kappa shape index (κ1) is 24.3. The Kier molecular flexibility index (Phi) is 8.00. The Balaban J connectivity index is 1.59. The summed E-state index contributed by atoms with van der Waals surface area (Å²) in [7, 11) is -1.86. The molecule has 0 bridgehead atoms. The van der Waals surface area contributed by atoms with Crippen molar-refractivity contribution in [2.75, 3.05) is 20.1 Å². The molecular formula is C24H30F2N2O3S. The molecule has 32 heavy (non-hydrogen) atoms. The van der Waals surface area contributed by atoms with Gasteiger partial charge in [0.2, 0.25) is 15.9 Å². The molecule has 2 aromatic rings. The van der Waals surface area contributed by atoms with Crippen LogP contribution in [0.15, 0.2) is 47.4 Å². The van der Waals surface area contributed by atoms with Crippen LogP contribution in [0.1, 0.15) is 56.2 Å². The van der Waals surface area contributed by atoms with Crippen molar-refractivity contribution in [2.45, 2.75) is 56.4 Å². The Labute approximate surface area is 189 Å². The molecule has 8 heteroatoms. The van der Waals surface area contributed by atoms with Crippen molar-refractivity contribution >= 4 is 15.9 Å². The summed E-state index contributed by atoms with van der Waals surface area (Å²) >= 11 is 0. The lowest BCUT2D eigenvalue weighted by Crippen LogP contribution is -2.31. The van der Waals surface area contributed by atoms with Crippen LogP contribution >= 0.6 is 0 Å². The van der Waals surface area contributed by atoms with Gasteiger partial charge in [0.1, 0.15) is 0 Å². The zero-order chi connectivity index (χ0) is 23.3. The number of hydrogen-bond acceptors (Lipinski definition) is 3. The molecule has 3 rings (SSSR count). The number of rotatable bonds is 7. The molecule has 0 aromatic heterocycles. The average molecular weight is 465 g/mol. The van der Waals surface area contributed by atoms with Crippen LogP contribution < -0.4 is 0 Å². The van der Waals surface area contributed by atoms with Gasteiger partial charge in [0.25, 0.3) is 0 Å². The minimum atomic E-state index is -3.49. The van der Waals surface area contributed by atoms with Gasteiger partial charge >= 0.3 is 0 Å². The Hall–Kier alpha value is -2.32. The second-order valence-corrected chi connectivity index (χ2v) is 10.3. The third kappa shape index (κ3) is 5.72. The Bertz CT molecular complexity index is 1030. The number of sulfonamides is 1. The van der Waals surface area contributed by atoms with Gasteiger partial charge < -0.3 is 4.90 Å². The highest BCUT2D eigenvalue weighted by molar-refractivity contribution is 7.89. The van der Waals surface area contributed by atoms with Gasteiger partial charge in [-0.25, -0.2) is 17.2 Å². The van der Waals surface area contributed by atoms with E-state index in [0.717, 1.165) is 43.4 Å². The Morgan fingerprint density at radius 1 is 1.00 bits per heavy atom. The molecule has 1 saturated heterocycles. The zero-order valence-corrected chi connectivity index (χ0v) is 19.4. The number of halogens is 2. The van der Waals surface area contributed by atoms with Crippen molar-refractivity contribution in [3.8, 4) is 0 Å². The first-order valence-electron chi connectivity index (χ1n) is 11.0.